The summed E-state index contributed by atoms with van der Waals surface area (Å²) in [4.78, 5) is 30.9. The Morgan fingerprint density at radius 1 is 0.348 bits per heavy atom. The zero-order chi connectivity index (χ0) is 44.1. The zero-order valence-corrected chi connectivity index (χ0v) is 41.1. The van der Waals surface area contributed by atoms with E-state index < -0.39 is 0 Å². The lowest BCUT2D eigenvalue weighted by molar-refractivity contribution is -0.253. The molecular weight excluding hydrogens is 840 g/mol. The maximum absolute atomic E-state index is 5.57. The van der Waals surface area contributed by atoms with Crippen LogP contribution < -0.4 is 0 Å². The molecule has 2 aromatic carbocycles. The van der Waals surface area contributed by atoms with Crippen molar-refractivity contribution in [3.8, 4) is 22.8 Å². The monoisotopic (exact) mass is 916 g/mol. The third-order valence-electron chi connectivity index (χ3n) is 26.4. The number of fused-ring (bicyclic) bond motifs is 8. The molecule has 9 heteroatoms. The van der Waals surface area contributed by atoms with Crippen molar-refractivity contribution in [2.75, 3.05) is 0 Å². The topological polar surface area (TPSA) is 51.6 Å². The number of rotatable bonds is 3. The third kappa shape index (κ3) is 4.91. The molecule has 0 spiro atoms. The van der Waals surface area contributed by atoms with Gasteiger partial charge in [-0.15, -0.1) is 0 Å². The Morgan fingerprint density at radius 3 is 1.45 bits per heavy atom. The van der Waals surface area contributed by atoms with E-state index in [1.807, 2.05) is 0 Å². The Morgan fingerprint density at radius 2 is 0.841 bits per heavy atom. The van der Waals surface area contributed by atoms with E-state index in [1.54, 1.807) is 51.4 Å². The minimum atomic E-state index is 0.395. The zero-order valence-electron chi connectivity index (χ0n) is 41.1. The first-order valence-electron chi connectivity index (χ1n) is 30.2. The van der Waals surface area contributed by atoms with E-state index in [1.165, 1.54) is 77.0 Å². The normalized spacial score (nSPS) is 53.1. The average molecular weight is 916 g/mol. The van der Waals surface area contributed by atoms with E-state index >= 15 is 0 Å². The molecule has 7 aliphatic carbocycles. The summed E-state index contributed by atoms with van der Waals surface area (Å²) in [7, 11) is 0. The van der Waals surface area contributed by atoms with Crippen molar-refractivity contribution >= 4 is 13.4 Å². The van der Waals surface area contributed by atoms with E-state index in [0.29, 0.717) is 5.92 Å². The second kappa shape index (κ2) is 14.2. The molecule has 0 bridgehead atoms. The number of nitrogens with zero attached hydrogens (tertiary/aromatic N) is 7. The molecule has 16 aliphatic rings. The molecule has 9 saturated heterocycles. The molecule has 25 unspecified atom stereocenters. The second-order valence-corrected chi connectivity index (χ2v) is 27.9. The van der Waals surface area contributed by atoms with Gasteiger partial charge in [0.05, 0.1) is 0 Å². The molecule has 0 amide bonds. The van der Waals surface area contributed by atoms with Crippen LogP contribution in [0.5, 0.6) is 0 Å². The fourth-order valence-electron chi connectivity index (χ4n) is 25.6. The summed E-state index contributed by atoms with van der Waals surface area (Å²) in [6.45, 7) is 1.87. The smallest absolute Gasteiger partial charge is 0.163 e. The molecule has 3 aromatic rings. The first-order valence-corrected chi connectivity index (χ1v) is 30.2. The van der Waals surface area contributed by atoms with Crippen molar-refractivity contribution in [3.63, 3.8) is 0 Å². The summed E-state index contributed by atoms with van der Waals surface area (Å²) in [5.74, 6) is 14.6. The Balaban J connectivity index is 0.820. The van der Waals surface area contributed by atoms with E-state index in [-0.39, 0.29) is 0 Å². The Labute approximate surface area is 412 Å². The summed E-state index contributed by atoms with van der Waals surface area (Å²) >= 11 is 0. The van der Waals surface area contributed by atoms with E-state index in [9.17, 15) is 0 Å². The maximum Gasteiger partial charge on any atom is 0.163 e. The van der Waals surface area contributed by atoms with Crippen molar-refractivity contribution in [2.24, 2.45) is 35.5 Å². The number of piperidine rings is 2. The fourth-order valence-corrected chi connectivity index (χ4v) is 25.6. The van der Waals surface area contributed by atoms with Gasteiger partial charge in [0.25, 0.3) is 0 Å². The highest BCUT2D eigenvalue weighted by Gasteiger charge is 2.82. The van der Waals surface area contributed by atoms with Crippen LogP contribution in [0.15, 0.2) is 60.7 Å². The third-order valence-corrected chi connectivity index (χ3v) is 26.4. The average Bonchev–Trinajstić information content (AvgIpc) is 3.41. The van der Waals surface area contributed by atoms with Crippen LogP contribution in [0, 0.1) is 35.5 Å². The number of hydrogen-bond acceptors (Lipinski definition) is 7. The Kier molecular flexibility index (Phi) is 8.19. The molecular formula is C60H75B2N7. The lowest BCUT2D eigenvalue weighted by Gasteiger charge is -2.86. The Bertz CT molecular complexity index is 2480. The highest BCUT2D eigenvalue weighted by molar-refractivity contribution is 6.67. The molecule has 9 aliphatic heterocycles. The van der Waals surface area contributed by atoms with Crippen LogP contribution in [0.2, 0.25) is 34.9 Å². The molecule has 1 aromatic heterocycles. The first kappa shape index (κ1) is 39.9. The molecule has 25 atom stereocenters. The molecule has 16 fully saturated rings. The van der Waals surface area contributed by atoms with Crippen LogP contribution in [0.4, 0.5) is 0 Å². The van der Waals surface area contributed by atoms with Crippen LogP contribution in [0.1, 0.15) is 140 Å². The lowest BCUT2D eigenvalue weighted by Crippen LogP contribution is -2.94. The predicted octanol–water partition coefficient (Wildman–Crippen LogP) is 10.8. The standard InChI is InChI=1S/C60H75B2N7/c1-3-11-31(12-4-1)58-63-59(32-13-5-2-6-14-32)65-60(64-58)39-25-26-43-41(30-39)61-40-17-7-8-18-42(40)66-44-19-9-15-35-28-37-23-21-33-27-34-22-24-38-29-36-16-10-20-45-51(36)69-53(38)47(34)62-46(33)52(37)68(50(35)44)56-49(62)57(69)55(67(43)45)48(61)54(56)66/h1-6,11-14,33-57H,7-10,15-30H2. The van der Waals surface area contributed by atoms with Gasteiger partial charge in [-0.2, -0.15) is 0 Å². The fraction of sp³-hybridized carbons (Fsp3) is 0.750. The van der Waals surface area contributed by atoms with Gasteiger partial charge in [-0.25, -0.2) is 15.0 Å². The van der Waals surface area contributed by atoms with Gasteiger partial charge < -0.3 is 0 Å². The van der Waals surface area contributed by atoms with Gasteiger partial charge in [-0.1, -0.05) is 106 Å². The van der Waals surface area contributed by atoms with E-state index in [2.05, 4.69) is 80.3 Å². The van der Waals surface area contributed by atoms with E-state index in [0.717, 1.165) is 185 Å². The van der Waals surface area contributed by atoms with Gasteiger partial charge in [-0.05, 0) is 154 Å². The summed E-state index contributed by atoms with van der Waals surface area (Å²) in [6, 6.07) is 31.7. The van der Waals surface area contributed by atoms with Gasteiger partial charge in [-0.3, -0.25) is 19.6 Å². The molecule has 356 valence electrons. The quantitative estimate of drug-likeness (QED) is 0.243. The molecule has 69 heavy (non-hydrogen) atoms. The predicted molar refractivity (Wildman–Crippen MR) is 274 cm³/mol. The minimum absolute atomic E-state index is 0.395. The molecule has 10 heterocycles. The lowest BCUT2D eigenvalue weighted by atomic mass is 9.10. The number of aromatic nitrogens is 3. The highest BCUT2D eigenvalue weighted by Crippen LogP contribution is 2.77. The molecule has 0 N–H and O–H groups in total. The first-order chi connectivity index (χ1) is 34.2. The minimum Gasteiger partial charge on any atom is -0.292 e. The Hall–Kier alpha value is -2.58. The maximum atomic E-state index is 5.57. The highest BCUT2D eigenvalue weighted by atomic mass is 15.5. The van der Waals surface area contributed by atoms with Crippen LogP contribution in [-0.4, -0.2) is 120 Å². The van der Waals surface area contributed by atoms with Crippen molar-refractivity contribution in [2.45, 2.75) is 242 Å². The van der Waals surface area contributed by atoms with E-state index in [4.69, 9.17) is 15.0 Å². The summed E-state index contributed by atoms with van der Waals surface area (Å²) in [6.07, 6.45) is 30.1. The van der Waals surface area contributed by atoms with Crippen molar-refractivity contribution < 1.29 is 0 Å². The van der Waals surface area contributed by atoms with Crippen molar-refractivity contribution in [3.05, 3.63) is 66.5 Å². The number of hydrogen-bond donors (Lipinski definition) is 0. The van der Waals surface area contributed by atoms with Crippen LogP contribution in [-0.2, 0) is 0 Å². The molecule has 7 saturated carbocycles. The van der Waals surface area contributed by atoms with Gasteiger partial charge in [0.1, 0.15) is 5.82 Å². The summed E-state index contributed by atoms with van der Waals surface area (Å²) in [5, 5.41) is 0. The summed E-state index contributed by atoms with van der Waals surface area (Å²) < 4.78 is 0. The molecule has 0 radical (unpaired) electrons. The molecule has 19 rings (SSSR count). The van der Waals surface area contributed by atoms with Crippen LogP contribution in [0.25, 0.3) is 22.8 Å². The van der Waals surface area contributed by atoms with Gasteiger partial charge in [0.2, 0.25) is 0 Å². The van der Waals surface area contributed by atoms with Gasteiger partial charge in [0.15, 0.2) is 25.1 Å². The second-order valence-electron chi connectivity index (χ2n) is 27.9. The van der Waals surface area contributed by atoms with Crippen molar-refractivity contribution in [1.82, 2.24) is 34.6 Å². The van der Waals surface area contributed by atoms with Crippen molar-refractivity contribution in [1.29, 1.82) is 0 Å². The van der Waals surface area contributed by atoms with Crippen LogP contribution >= 0.6 is 0 Å². The van der Waals surface area contributed by atoms with Gasteiger partial charge >= 0.3 is 0 Å². The summed E-state index contributed by atoms with van der Waals surface area (Å²) in [5.41, 5.74) is 2.25. The SMILES string of the molecule is c1ccc(-c2nc(-c3ccccc3)nc(C3CCC4C(C3)B3C5CCCCC5N5C6CCCC7CC8CCC9CC%10CCC%11CC%12CCCC%13C%12N%12C%11C%10B%10C9C8N(C76)C6C%10C%12C(C3C65)N4%13)n2)cc1. The van der Waals surface area contributed by atoms with Gasteiger partial charge in [0, 0.05) is 89.5 Å². The molecule has 7 nitrogen and oxygen atoms in total. The largest absolute Gasteiger partial charge is 0.292 e. The van der Waals surface area contributed by atoms with Crippen LogP contribution in [0.3, 0.4) is 0 Å². The number of piperazine rings is 2. The number of benzene rings is 2.